The molecule has 0 fully saturated rings. The van der Waals surface area contributed by atoms with Crippen molar-refractivity contribution in [1.82, 2.24) is 4.57 Å². The van der Waals surface area contributed by atoms with Crippen LogP contribution >= 0.6 is 0 Å². The van der Waals surface area contributed by atoms with E-state index < -0.39 is 18.5 Å². The molecule has 68 valence electrons. The fourth-order valence-corrected chi connectivity index (χ4v) is 1.09. The van der Waals surface area contributed by atoms with E-state index in [-0.39, 0.29) is 5.56 Å². The average molecular weight is 179 g/mol. The van der Waals surface area contributed by atoms with E-state index in [1.54, 1.807) is 0 Å². The molecule has 0 aromatic carbocycles. The fourth-order valence-electron chi connectivity index (χ4n) is 1.09. The SMILES string of the molecule is Cn1ccc(CO)c1C(F)(F)F. The molecule has 0 unspecified atom stereocenters. The molecule has 0 radical (unpaired) electrons. The quantitative estimate of drug-likeness (QED) is 0.694. The van der Waals surface area contributed by atoms with E-state index in [2.05, 4.69) is 0 Å². The molecule has 1 N–H and O–H groups in total. The number of rotatable bonds is 1. The van der Waals surface area contributed by atoms with Gasteiger partial charge in [0.05, 0.1) is 6.61 Å². The lowest BCUT2D eigenvalue weighted by Gasteiger charge is -2.09. The molecule has 2 nitrogen and oxygen atoms in total. The molecule has 0 atom stereocenters. The Morgan fingerprint density at radius 2 is 2.08 bits per heavy atom. The molecule has 5 heteroatoms. The summed E-state index contributed by atoms with van der Waals surface area (Å²) in [5.41, 5.74) is -0.880. The van der Waals surface area contributed by atoms with E-state index in [0.717, 1.165) is 4.57 Å². The number of halogens is 3. The number of aliphatic hydroxyl groups is 1. The highest BCUT2D eigenvalue weighted by Gasteiger charge is 2.35. The van der Waals surface area contributed by atoms with Gasteiger partial charge in [-0.15, -0.1) is 0 Å². The maximum absolute atomic E-state index is 12.2. The van der Waals surface area contributed by atoms with Gasteiger partial charge in [0.15, 0.2) is 0 Å². The van der Waals surface area contributed by atoms with E-state index >= 15 is 0 Å². The van der Waals surface area contributed by atoms with Gasteiger partial charge in [-0.25, -0.2) is 0 Å². The van der Waals surface area contributed by atoms with Gasteiger partial charge in [-0.05, 0) is 6.07 Å². The summed E-state index contributed by atoms with van der Waals surface area (Å²) in [6, 6.07) is 1.25. The number of aryl methyl sites for hydroxylation is 1. The molecular formula is C7H8F3NO. The van der Waals surface area contributed by atoms with Crippen LogP contribution in [0.3, 0.4) is 0 Å². The summed E-state index contributed by atoms with van der Waals surface area (Å²) in [6.45, 7) is -0.588. The molecule has 1 aromatic heterocycles. The first-order chi connectivity index (χ1) is 5.46. The number of alkyl halides is 3. The van der Waals surface area contributed by atoms with Crippen LogP contribution in [0.1, 0.15) is 11.3 Å². The summed E-state index contributed by atoms with van der Waals surface area (Å²) in [6.07, 6.45) is -3.12. The number of hydrogen-bond acceptors (Lipinski definition) is 1. The summed E-state index contributed by atoms with van der Waals surface area (Å²) < 4.78 is 37.5. The van der Waals surface area contributed by atoms with E-state index in [4.69, 9.17) is 5.11 Å². The van der Waals surface area contributed by atoms with Gasteiger partial charge < -0.3 is 9.67 Å². The van der Waals surface area contributed by atoms with Crippen LogP contribution in [-0.4, -0.2) is 9.67 Å². The van der Waals surface area contributed by atoms with Crippen molar-refractivity contribution < 1.29 is 18.3 Å². The third-order valence-electron chi connectivity index (χ3n) is 1.60. The molecule has 1 heterocycles. The smallest absolute Gasteiger partial charge is 0.392 e. The Bertz CT molecular complexity index is 277. The first-order valence-corrected chi connectivity index (χ1v) is 3.29. The predicted molar refractivity (Wildman–Crippen MR) is 36.3 cm³/mol. The zero-order chi connectivity index (χ0) is 9.35. The summed E-state index contributed by atoms with van der Waals surface area (Å²) in [7, 11) is 1.29. The molecule has 0 aliphatic carbocycles. The normalized spacial score (nSPS) is 12.1. The van der Waals surface area contributed by atoms with Crippen molar-refractivity contribution in [2.75, 3.05) is 0 Å². The third kappa shape index (κ3) is 1.45. The van der Waals surface area contributed by atoms with Crippen molar-refractivity contribution in [2.24, 2.45) is 7.05 Å². The topological polar surface area (TPSA) is 25.2 Å². The predicted octanol–water partition coefficient (Wildman–Crippen LogP) is 1.54. The lowest BCUT2D eigenvalue weighted by atomic mass is 10.2. The van der Waals surface area contributed by atoms with Crippen LogP contribution in [0.5, 0.6) is 0 Å². The Labute approximate surface area is 67.2 Å². The number of aliphatic hydroxyl groups excluding tert-OH is 1. The molecule has 0 bridgehead atoms. The second-order valence-electron chi connectivity index (χ2n) is 2.46. The van der Waals surface area contributed by atoms with Gasteiger partial charge >= 0.3 is 6.18 Å². The minimum absolute atomic E-state index is 0.0926. The van der Waals surface area contributed by atoms with Gasteiger partial charge in [-0.1, -0.05) is 0 Å². The van der Waals surface area contributed by atoms with Crippen molar-refractivity contribution in [1.29, 1.82) is 0 Å². The molecule has 0 saturated heterocycles. The van der Waals surface area contributed by atoms with Crippen LogP contribution in [0.2, 0.25) is 0 Å². The first-order valence-electron chi connectivity index (χ1n) is 3.29. The lowest BCUT2D eigenvalue weighted by molar-refractivity contribution is -0.144. The van der Waals surface area contributed by atoms with Crippen LogP contribution in [0, 0.1) is 0 Å². The molecule has 0 saturated carbocycles. The Balaban J connectivity index is 3.19. The molecule has 1 rings (SSSR count). The monoisotopic (exact) mass is 179 g/mol. The van der Waals surface area contributed by atoms with Gasteiger partial charge in [0.1, 0.15) is 5.69 Å². The van der Waals surface area contributed by atoms with Crippen LogP contribution < -0.4 is 0 Å². The van der Waals surface area contributed by atoms with E-state index in [1.807, 2.05) is 0 Å². The molecule has 0 spiro atoms. The highest BCUT2D eigenvalue weighted by Crippen LogP contribution is 2.32. The van der Waals surface area contributed by atoms with Crippen LogP contribution in [0.4, 0.5) is 13.2 Å². The summed E-state index contributed by atoms with van der Waals surface area (Å²) in [4.78, 5) is 0. The Morgan fingerprint density at radius 3 is 2.42 bits per heavy atom. The molecule has 0 aliphatic heterocycles. The summed E-state index contributed by atoms with van der Waals surface area (Å²) >= 11 is 0. The van der Waals surface area contributed by atoms with Crippen molar-refractivity contribution >= 4 is 0 Å². The van der Waals surface area contributed by atoms with E-state index in [1.165, 1.54) is 19.3 Å². The van der Waals surface area contributed by atoms with Gasteiger partial charge in [0, 0.05) is 18.8 Å². The van der Waals surface area contributed by atoms with Crippen molar-refractivity contribution in [3.63, 3.8) is 0 Å². The number of aromatic nitrogens is 1. The highest BCUT2D eigenvalue weighted by molar-refractivity contribution is 5.23. The highest BCUT2D eigenvalue weighted by atomic mass is 19.4. The zero-order valence-electron chi connectivity index (χ0n) is 6.39. The van der Waals surface area contributed by atoms with Gasteiger partial charge in [-0.3, -0.25) is 0 Å². The average Bonchev–Trinajstić information content (AvgIpc) is 2.29. The van der Waals surface area contributed by atoms with Crippen LogP contribution in [0.25, 0.3) is 0 Å². The Hall–Kier alpha value is -0.970. The summed E-state index contributed by atoms with van der Waals surface area (Å²) in [5, 5.41) is 8.58. The third-order valence-corrected chi connectivity index (χ3v) is 1.60. The maximum Gasteiger partial charge on any atom is 0.431 e. The van der Waals surface area contributed by atoms with Crippen LogP contribution in [-0.2, 0) is 19.8 Å². The van der Waals surface area contributed by atoms with Gasteiger partial charge in [-0.2, -0.15) is 13.2 Å². The standard InChI is InChI=1S/C7H8F3NO/c1-11-3-2-5(4-12)6(11)7(8,9)10/h2-3,12H,4H2,1H3. The van der Waals surface area contributed by atoms with Crippen LogP contribution in [0.15, 0.2) is 12.3 Å². The van der Waals surface area contributed by atoms with Crippen molar-refractivity contribution in [2.45, 2.75) is 12.8 Å². The van der Waals surface area contributed by atoms with E-state index in [9.17, 15) is 13.2 Å². The number of nitrogens with zero attached hydrogens (tertiary/aromatic N) is 1. The molecular weight excluding hydrogens is 171 g/mol. The molecule has 0 aliphatic rings. The minimum atomic E-state index is -4.39. The van der Waals surface area contributed by atoms with Crippen molar-refractivity contribution in [3.05, 3.63) is 23.5 Å². The van der Waals surface area contributed by atoms with E-state index in [0.29, 0.717) is 0 Å². The maximum atomic E-state index is 12.2. The lowest BCUT2D eigenvalue weighted by Crippen LogP contribution is -2.13. The Morgan fingerprint density at radius 1 is 1.50 bits per heavy atom. The summed E-state index contributed by atoms with van der Waals surface area (Å²) in [5.74, 6) is 0. The Kier molecular flexibility index (Phi) is 2.14. The largest absolute Gasteiger partial charge is 0.431 e. The minimum Gasteiger partial charge on any atom is -0.392 e. The number of hydrogen-bond donors (Lipinski definition) is 1. The van der Waals surface area contributed by atoms with Gasteiger partial charge in [0.2, 0.25) is 0 Å². The molecule has 1 aromatic rings. The zero-order valence-corrected chi connectivity index (χ0v) is 6.39. The molecule has 12 heavy (non-hydrogen) atoms. The molecule has 0 amide bonds. The second-order valence-corrected chi connectivity index (χ2v) is 2.46. The van der Waals surface area contributed by atoms with Crippen molar-refractivity contribution in [3.8, 4) is 0 Å². The van der Waals surface area contributed by atoms with Gasteiger partial charge in [0.25, 0.3) is 0 Å². The first kappa shape index (κ1) is 9.12. The fraction of sp³-hybridized carbons (Fsp3) is 0.429. The second kappa shape index (κ2) is 2.82.